The Bertz CT molecular complexity index is 2830. The number of amides is 5. The zero-order valence-electron chi connectivity index (χ0n) is 46.8. The Morgan fingerprint density at radius 3 is 1.32 bits per heavy atom. The highest BCUT2D eigenvalue weighted by atomic mass is 35.5. The van der Waals surface area contributed by atoms with E-state index in [2.05, 4.69) is 40.5 Å². The fraction of sp³-hybridized carbons (Fsp3) is 0.509. The van der Waals surface area contributed by atoms with Crippen LogP contribution in [0.15, 0.2) is 82.6 Å². The number of nitrogens with one attached hydrogen (secondary N) is 6. The van der Waals surface area contributed by atoms with Gasteiger partial charge in [-0.2, -0.15) is 0 Å². The van der Waals surface area contributed by atoms with Crippen LogP contribution in [-0.2, 0) is 56.8 Å². The summed E-state index contributed by atoms with van der Waals surface area (Å²) in [5.41, 5.74) is 4.80. The third kappa shape index (κ3) is 21.2. The molecule has 0 saturated heterocycles. The molecule has 4 aromatic carbocycles. The Labute approximate surface area is 501 Å². The van der Waals surface area contributed by atoms with Gasteiger partial charge in [0.1, 0.15) is 5.60 Å². The predicted octanol–water partition coefficient (Wildman–Crippen LogP) is 6.61. The van der Waals surface area contributed by atoms with Gasteiger partial charge in [0.15, 0.2) is 0 Å². The van der Waals surface area contributed by atoms with E-state index < -0.39 is 43.8 Å². The number of likely N-dealkylation sites (N-methyl/N-ethyl adjacent to an activating group) is 2. The molecule has 0 bridgehead atoms. The van der Waals surface area contributed by atoms with Crippen molar-refractivity contribution >= 4 is 84.6 Å². The zero-order chi connectivity index (χ0) is 59.5. The van der Waals surface area contributed by atoms with Crippen LogP contribution in [0.4, 0.5) is 14.4 Å². The van der Waals surface area contributed by atoms with Gasteiger partial charge >= 0.3 is 18.2 Å². The number of fused-ring (bicyclic) bond motifs is 2. The molecule has 0 aliphatic carbocycles. The Morgan fingerprint density at radius 1 is 0.549 bits per heavy atom. The third-order valence-corrected chi connectivity index (χ3v) is 17.0. The lowest BCUT2D eigenvalue weighted by Gasteiger charge is -2.33. The molecule has 0 aromatic heterocycles. The summed E-state index contributed by atoms with van der Waals surface area (Å²) in [5.74, 6) is -0.229. The smallest absolute Gasteiger partial charge is 0.410 e. The van der Waals surface area contributed by atoms with E-state index in [9.17, 15) is 31.2 Å². The maximum absolute atomic E-state index is 13.2. The van der Waals surface area contributed by atoms with Gasteiger partial charge in [0, 0.05) is 110 Å². The molecule has 0 spiro atoms. The van der Waals surface area contributed by atoms with E-state index in [0.717, 1.165) is 33.4 Å². The molecule has 0 radical (unpaired) electrons. The van der Waals surface area contributed by atoms with Crippen molar-refractivity contribution in [2.24, 2.45) is 0 Å². The lowest BCUT2D eigenvalue weighted by atomic mass is 9.85. The van der Waals surface area contributed by atoms with E-state index in [1.165, 1.54) is 4.90 Å². The summed E-state index contributed by atoms with van der Waals surface area (Å²) < 4.78 is 85.7. The van der Waals surface area contributed by atoms with Gasteiger partial charge in [0.2, 0.25) is 20.0 Å². The number of sulfonamides is 2. The standard InChI is InChI=1S/C55H75Cl4N9O12S2/c1-55(2,3)80-54(71)68(18-12-60-52(69)62-14-20-76-24-26-78-22-16-64-81(72,73)42-10-6-8-38(28-42)46-34-66(4)36-48-44(46)30-40(56)32-50(48)58)19-13-61-53(70)63-15-21-77-25-27-79-23-17-65-82(74,75)43-11-7-9-39(29-43)47-35-67(5)37-49-45(47)31-41(57)33-51(49)59/h6-11,28-33,46-47,64-65H,12-27,34-37H2,1-5H3,(H2,60,62,69)(H2,61,63,70)/t46-,47-/m0/s1. The molecule has 2 aliphatic heterocycles. The van der Waals surface area contributed by atoms with Crippen molar-refractivity contribution in [2.45, 2.75) is 61.1 Å². The van der Waals surface area contributed by atoms with Crippen LogP contribution in [0.1, 0.15) is 66.0 Å². The molecule has 6 N–H and O–H groups in total. The second-order valence-electron chi connectivity index (χ2n) is 20.6. The van der Waals surface area contributed by atoms with Crippen LogP contribution < -0.4 is 30.7 Å². The number of carbonyl (C=O) groups excluding carboxylic acids is 3. The summed E-state index contributed by atoms with van der Waals surface area (Å²) in [5, 5.41) is 13.0. The van der Waals surface area contributed by atoms with Crippen LogP contribution in [-0.4, -0.2) is 188 Å². The first-order valence-corrected chi connectivity index (χ1v) is 31.3. The van der Waals surface area contributed by atoms with Crippen molar-refractivity contribution in [1.29, 1.82) is 0 Å². The van der Waals surface area contributed by atoms with Crippen molar-refractivity contribution in [3.05, 3.63) is 126 Å². The average Bonchev–Trinajstić information content (AvgIpc) is 3.45. The van der Waals surface area contributed by atoms with E-state index in [-0.39, 0.29) is 127 Å². The van der Waals surface area contributed by atoms with Crippen LogP contribution in [0, 0.1) is 0 Å². The van der Waals surface area contributed by atoms with E-state index in [4.69, 9.17) is 70.1 Å². The molecule has 4 aromatic rings. The van der Waals surface area contributed by atoms with Gasteiger partial charge in [-0.15, -0.1) is 0 Å². The van der Waals surface area contributed by atoms with E-state index in [1.54, 1.807) is 69.3 Å². The topological polar surface area (TPSA) is 248 Å². The van der Waals surface area contributed by atoms with Crippen molar-refractivity contribution in [2.75, 3.05) is 132 Å². The highest BCUT2D eigenvalue weighted by molar-refractivity contribution is 7.89. The number of rotatable bonds is 30. The number of urea groups is 2. The fourth-order valence-corrected chi connectivity index (χ4v) is 12.5. The number of hydrogen-bond acceptors (Lipinski definition) is 14. The first-order valence-electron chi connectivity index (χ1n) is 26.8. The highest BCUT2D eigenvalue weighted by Crippen LogP contribution is 2.40. The van der Waals surface area contributed by atoms with Gasteiger partial charge in [-0.25, -0.2) is 40.7 Å². The average molecular weight is 1260 g/mol. The fourth-order valence-electron chi connectivity index (χ4n) is 9.19. The molecule has 0 fully saturated rings. The van der Waals surface area contributed by atoms with Crippen LogP contribution >= 0.6 is 46.4 Å². The minimum atomic E-state index is -3.83. The van der Waals surface area contributed by atoms with Crippen LogP contribution in [0.25, 0.3) is 0 Å². The first kappa shape index (κ1) is 66.6. The van der Waals surface area contributed by atoms with Gasteiger partial charge in [0.05, 0.1) is 62.6 Å². The molecule has 2 aliphatic rings. The minimum Gasteiger partial charge on any atom is -0.444 e. The Hall–Kier alpha value is -4.57. The summed E-state index contributed by atoms with van der Waals surface area (Å²) in [6.07, 6.45) is -0.617. The molecule has 27 heteroatoms. The summed E-state index contributed by atoms with van der Waals surface area (Å²) in [6.45, 7) is 10.1. The van der Waals surface area contributed by atoms with E-state index in [0.29, 0.717) is 46.3 Å². The first-order chi connectivity index (χ1) is 39.0. The molecule has 5 amide bonds. The van der Waals surface area contributed by atoms with Crippen LogP contribution in [0.5, 0.6) is 0 Å². The zero-order valence-corrected chi connectivity index (χ0v) is 51.5. The van der Waals surface area contributed by atoms with Gasteiger partial charge in [-0.1, -0.05) is 70.7 Å². The summed E-state index contributed by atoms with van der Waals surface area (Å²) in [4.78, 5) is 43.9. The third-order valence-electron chi connectivity index (χ3n) is 13.0. The Morgan fingerprint density at radius 2 is 0.927 bits per heavy atom. The number of benzene rings is 4. The van der Waals surface area contributed by atoms with E-state index >= 15 is 0 Å². The lowest BCUT2D eigenvalue weighted by Crippen LogP contribution is -2.47. The maximum atomic E-state index is 13.2. The molecule has 2 atom stereocenters. The van der Waals surface area contributed by atoms with Crippen molar-refractivity contribution in [3.63, 3.8) is 0 Å². The number of carbonyl (C=O) groups is 3. The van der Waals surface area contributed by atoms with Crippen molar-refractivity contribution in [1.82, 2.24) is 45.4 Å². The summed E-state index contributed by atoms with van der Waals surface area (Å²) >= 11 is 25.7. The van der Waals surface area contributed by atoms with Crippen LogP contribution in [0.2, 0.25) is 20.1 Å². The van der Waals surface area contributed by atoms with Gasteiger partial charge in [0.25, 0.3) is 0 Å². The number of nitrogens with zero attached hydrogens (tertiary/aromatic N) is 3. The Balaban J connectivity index is 0.774. The van der Waals surface area contributed by atoms with Gasteiger partial charge < -0.3 is 59.7 Å². The molecule has 2 heterocycles. The molecular weight excluding hydrogens is 1180 g/mol. The van der Waals surface area contributed by atoms with Gasteiger partial charge in [-0.3, -0.25) is 0 Å². The highest BCUT2D eigenvalue weighted by Gasteiger charge is 2.30. The SMILES string of the molecule is CN1Cc2c(Cl)cc(Cl)cc2[C@H](c2cccc(S(=O)(=O)NCCOCCOCCNC(=O)NCCN(CCNC(=O)NCCOCCOCCNS(=O)(=O)c3cccc([C@@H]4CN(C)Cc5c(Cl)cc(Cl)cc54)c3)C(=O)OC(C)(C)C)c2)C1. The van der Waals surface area contributed by atoms with E-state index in [1.807, 2.05) is 38.4 Å². The molecule has 452 valence electrons. The normalized spacial score (nSPS) is 15.8. The Kier molecular flexibility index (Phi) is 26.0. The number of halogens is 4. The molecular formula is C55H75Cl4N9O12S2. The molecule has 0 unspecified atom stereocenters. The molecule has 82 heavy (non-hydrogen) atoms. The molecule has 21 nitrogen and oxygen atoms in total. The maximum Gasteiger partial charge on any atom is 0.410 e. The molecule has 6 rings (SSSR count). The second-order valence-corrected chi connectivity index (χ2v) is 25.9. The van der Waals surface area contributed by atoms with Gasteiger partial charge in [-0.05, 0) is 117 Å². The van der Waals surface area contributed by atoms with Crippen molar-refractivity contribution in [3.8, 4) is 0 Å². The largest absolute Gasteiger partial charge is 0.444 e. The monoisotopic (exact) mass is 1260 g/mol. The number of hydrogen-bond donors (Lipinski definition) is 6. The van der Waals surface area contributed by atoms with Crippen LogP contribution in [0.3, 0.4) is 0 Å². The molecule has 0 saturated carbocycles. The lowest BCUT2D eigenvalue weighted by molar-refractivity contribution is 0.0255. The summed E-state index contributed by atoms with van der Waals surface area (Å²) in [7, 11) is -3.68. The van der Waals surface area contributed by atoms with Crippen molar-refractivity contribution < 1.29 is 54.9 Å². The number of ether oxygens (including phenoxy) is 5. The summed E-state index contributed by atoms with van der Waals surface area (Å²) in [6, 6.07) is 20.0. The quantitative estimate of drug-likeness (QED) is 0.0301. The minimum absolute atomic E-state index is 0.0469. The predicted molar refractivity (Wildman–Crippen MR) is 316 cm³/mol. The second kappa shape index (κ2) is 32.1.